The Morgan fingerprint density at radius 1 is 1.39 bits per heavy atom. The van der Waals surface area contributed by atoms with Gasteiger partial charge in [0, 0.05) is 5.69 Å². The van der Waals surface area contributed by atoms with Crippen LogP contribution in [0.15, 0.2) is 46.4 Å². The maximum atomic E-state index is 11.5. The summed E-state index contributed by atoms with van der Waals surface area (Å²) >= 11 is 1.59. The minimum atomic E-state index is -0.336. The highest BCUT2D eigenvalue weighted by Crippen LogP contribution is 2.24. The number of oxazole rings is 1. The molecule has 23 heavy (non-hydrogen) atoms. The molecule has 0 aliphatic carbocycles. The maximum absolute atomic E-state index is 11.5. The first kappa shape index (κ1) is 15.3. The van der Waals surface area contributed by atoms with Crippen LogP contribution in [0.4, 0.5) is 5.69 Å². The minimum absolute atomic E-state index is 0.336. The van der Waals surface area contributed by atoms with Gasteiger partial charge in [0.1, 0.15) is 6.26 Å². The fourth-order valence-electron chi connectivity index (χ4n) is 2.19. The van der Waals surface area contributed by atoms with Crippen molar-refractivity contribution in [2.75, 3.05) is 12.4 Å². The van der Waals surface area contributed by atoms with Crippen molar-refractivity contribution in [3.63, 3.8) is 0 Å². The van der Waals surface area contributed by atoms with E-state index in [2.05, 4.69) is 10.3 Å². The Balaban J connectivity index is 1.68. The lowest BCUT2D eigenvalue weighted by atomic mass is 10.1. The zero-order valence-corrected chi connectivity index (χ0v) is 13.6. The van der Waals surface area contributed by atoms with Crippen LogP contribution in [0.5, 0.6) is 0 Å². The fourth-order valence-corrected chi connectivity index (χ4v) is 2.85. The summed E-state index contributed by atoms with van der Waals surface area (Å²) in [5, 5.41) is 5.29. The largest absolute Gasteiger partial charge is 0.465 e. The number of nitrogens with one attached hydrogen (secondary N) is 1. The Kier molecular flexibility index (Phi) is 4.43. The first-order chi connectivity index (χ1) is 11.2. The molecule has 1 aromatic carbocycles. The zero-order chi connectivity index (χ0) is 16.2. The zero-order valence-electron chi connectivity index (χ0n) is 12.8. The predicted octanol–water partition coefficient (Wildman–Crippen LogP) is 4.11. The number of ether oxygens (including phenoxy) is 1. The molecule has 0 saturated carbocycles. The van der Waals surface area contributed by atoms with Gasteiger partial charge in [0.2, 0.25) is 5.89 Å². The van der Waals surface area contributed by atoms with E-state index in [-0.39, 0.29) is 5.97 Å². The maximum Gasteiger partial charge on any atom is 0.337 e. The van der Waals surface area contributed by atoms with Crippen molar-refractivity contribution in [2.45, 2.75) is 13.5 Å². The van der Waals surface area contributed by atoms with Gasteiger partial charge in [-0.3, -0.25) is 0 Å². The second-order valence-corrected chi connectivity index (χ2v) is 5.94. The van der Waals surface area contributed by atoms with Crippen molar-refractivity contribution < 1.29 is 13.9 Å². The van der Waals surface area contributed by atoms with Crippen LogP contribution in [0.2, 0.25) is 0 Å². The summed E-state index contributed by atoms with van der Waals surface area (Å²) < 4.78 is 10.2. The molecule has 0 saturated heterocycles. The fraction of sp³-hybridized carbons (Fsp3) is 0.176. The van der Waals surface area contributed by atoms with Gasteiger partial charge in [0.25, 0.3) is 0 Å². The molecule has 0 aliphatic rings. The van der Waals surface area contributed by atoms with Crippen LogP contribution in [0.25, 0.3) is 10.8 Å². The van der Waals surface area contributed by atoms with E-state index in [0.29, 0.717) is 18.0 Å². The van der Waals surface area contributed by atoms with Gasteiger partial charge in [-0.15, -0.1) is 11.3 Å². The molecular formula is C17H16N2O3S. The molecule has 0 bridgehead atoms. The van der Waals surface area contributed by atoms with Crippen molar-refractivity contribution in [3.05, 3.63) is 58.8 Å². The van der Waals surface area contributed by atoms with E-state index in [0.717, 1.165) is 21.8 Å². The number of anilines is 1. The number of benzene rings is 1. The van der Waals surface area contributed by atoms with E-state index in [1.807, 2.05) is 30.5 Å². The minimum Gasteiger partial charge on any atom is -0.465 e. The molecule has 5 nitrogen and oxygen atoms in total. The predicted molar refractivity (Wildman–Crippen MR) is 89.7 cm³/mol. The molecule has 0 aliphatic heterocycles. The lowest BCUT2D eigenvalue weighted by Crippen LogP contribution is -2.05. The Morgan fingerprint density at radius 2 is 2.26 bits per heavy atom. The third-order valence-electron chi connectivity index (χ3n) is 3.39. The molecule has 3 rings (SSSR count). The molecule has 118 valence electrons. The summed E-state index contributed by atoms with van der Waals surface area (Å²) in [6.45, 7) is 2.49. The number of carbonyl (C=O) groups is 1. The highest BCUT2D eigenvalue weighted by atomic mass is 32.1. The number of hydrogen-bond donors (Lipinski definition) is 1. The summed E-state index contributed by atoms with van der Waals surface area (Å²) in [5.41, 5.74) is 3.27. The third kappa shape index (κ3) is 3.43. The normalized spacial score (nSPS) is 10.5. The number of esters is 1. The van der Waals surface area contributed by atoms with Gasteiger partial charge in [0.05, 0.1) is 29.8 Å². The van der Waals surface area contributed by atoms with E-state index in [1.165, 1.54) is 7.11 Å². The number of carbonyl (C=O) groups excluding carboxylic acids is 1. The molecule has 2 aromatic heterocycles. The van der Waals surface area contributed by atoms with Crippen LogP contribution >= 0.6 is 11.3 Å². The van der Waals surface area contributed by atoms with Gasteiger partial charge in [-0.1, -0.05) is 6.07 Å². The molecule has 3 aromatic rings. The van der Waals surface area contributed by atoms with Gasteiger partial charge < -0.3 is 14.5 Å². The van der Waals surface area contributed by atoms with Crippen molar-refractivity contribution in [1.29, 1.82) is 0 Å². The lowest BCUT2D eigenvalue weighted by Gasteiger charge is -2.09. The molecule has 0 fully saturated rings. The molecule has 2 heterocycles. The Hall–Kier alpha value is -2.60. The van der Waals surface area contributed by atoms with Crippen LogP contribution < -0.4 is 5.32 Å². The van der Waals surface area contributed by atoms with Gasteiger partial charge in [-0.25, -0.2) is 9.78 Å². The molecule has 0 radical (unpaired) electrons. The lowest BCUT2D eigenvalue weighted by molar-refractivity contribution is 0.0600. The number of methoxy groups -OCH3 is 1. The van der Waals surface area contributed by atoms with Crippen LogP contribution in [0.1, 0.15) is 21.6 Å². The van der Waals surface area contributed by atoms with Crippen molar-refractivity contribution in [2.24, 2.45) is 0 Å². The standard InChI is InChI=1S/C17H16N2O3S/c1-11-8-12(17(20)21-2)5-6-14(11)18-9-13-10-22-16(19-13)15-4-3-7-23-15/h3-8,10,18H,9H2,1-2H3. The molecule has 6 heteroatoms. The van der Waals surface area contributed by atoms with E-state index >= 15 is 0 Å². The van der Waals surface area contributed by atoms with E-state index in [4.69, 9.17) is 9.15 Å². The third-order valence-corrected chi connectivity index (χ3v) is 4.25. The highest BCUT2D eigenvalue weighted by molar-refractivity contribution is 7.13. The number of thiophene rings is 1. The first-order valence-corrected chi connectivity index (χ1v) is 7.96. The number of hydrogen-bond acceptors (Lipinski definition) is 6. The Labute approximate surface area is 137 Å². The first-order valence-electron chi connectivity index (χ1n) is 7.08. The highest BCUT2D eigenvalue weighted by Gasteiger charge is 2.09. The number of aryl methyl sites for hydroxylation is 1. The quantitative estimate of drug-likeness (QED) is 0.714. The van der Waals surface area contributed by atoms with Crippen molar-refractivity contribution in [1.82, 2.24) is 4.98 Å². The smallest absolute Gasteiger partial charge is 0.337 e. The second kappa shape index (κ2) is 6.66. The monoisotopic (exact) mass is 328 g/mol. The average molecular weight is 328 g/mol. The number of nitrogens with zero attached hydrogens (tertiary/aromatic N) is 1. The van der Waals surface area contributed by atoms with Crippen molar-refractivity contribution >= 4 is 23.0 Å². The molecule has 0 atom stereocenters. The van der Waals surface area contributed by atoms with Gasteiger partial charge in [-0.2, -0.15) is 0 Å². The van der Waals surface area contributed by atoms with Crippen LogP contribution in [0.3, 0.4) is 0 Å². The summed E-state index contributed by atoms with van der Waals surface area (Å²) in [7, 11) is 1.37. The van der Waals surface area contributed by atoms with Gasteiger partial charge in [0.15, 0.2) is 0 Å². The Morgan fingerprint density at radius 3 is 2.96 bits per heavy atom. The topological polar surface area (TPSA) is 64.4 Å². The Bertz CT molecular complexity index is 809. The van der Waals surface area contributed by atoms with E-state index in [9.17, 15) is 4.79 Å². The average Bonchev–Trinajstić information content (AvgIpc) is 3.24. The summed E-state index contributed by atoms with van der Waals surface area (Å²) in [5.74, 6) is 0.298. The second-order valence-electron chi connectivity index (χ2n) is 5.00. The number of rotatable bonds is 5. The number of aromatic nitrogens is 1. The molecule has 0 amide bonds. The van der Waals surface area contributed by atoms with Crippen LogP contribution in [-0.4, -0.2) is 18.1 Å². The summed E-state index contributed by atoms with van der Waals surface area (Å²) in [6, 6.07) is 9.34. The summed E-state index contributed by atoms with van der Waals surface area (Å²) in [4.78, 5) is 17.0. The van der Waals surface area contributed by atoms with Crippen LogP contribution in [0, 0.1) is 6.92 Å². The van der Waals surface area contributed by atoms with Gasteiger partial charge >= 0.3 is 5.97 Å². The van der Waals surface area contributed by atoms with E-state index in [1.54, 1.807) is 29.7 Å². The molecule has 0 spiro atoms. The van der Waals surface area contributed by atoms with Crippen LogP contribution in [-0.2, 0) is 11.3 Å². The van der Waals surface area contributed by atoms with E-state index < -0.39 is 0 Å². The SMILES string of the molecule is COC(=O)c1ccc(NCc2coc(-c3cccs3)n2)c(C)c1. The molecule has 0 unspecified atom stereocenters. The van der Waals surface area contributed by atoms with Gasteiger partial charge in [-0.05, 0) is 42.1 Å². The molecular weight excluding hydrogens is 312 g/mol. The van der Waals surface area contributed by atoms with Crippen molar-refractivity contribution in [3.8, 4) is 10.8 Å². The summed E-state index contributed by atoms with van der Waals surface area (Å²) in [6.07, 6.45) is 1.65. The molecule has 1 N–H and O–H groups in total.